The van der Waals surface area contributed by atoms with Crippen molar-refractivity contribution in [3.63, 3.8) is 0 Å². The van der Waals surface area contributed by atoms with Gasteiger partial charge in [0.05, 0.1) is 5.60 Å². The largest absolute Gasteiger partial charge is 0.384 e. The third-order valence-electron chi connectivity index (χ3n) is 6.30. The smallest absolute Gasteiger partial charge is 0.0983 e. The highest BCUT2D eigenvalue weighted by Gasteiger charge is 2.52. The van der Waals surface area contributed by atoms with Crippen molar-refractivity contribution in [3.05, 3.63) is 108 Å². The van der Waals surface area contributed by atoms with Crippen molar-refractivity contribution in [1.82, 2.24) is 5.32 Å². The van der Waals surface area contributed by atoms with Gasteiger partial charge >= 0.3 is 0 Å². The molecule has 3 aromatic carbocycles. The quantitative estimate of drug-likeness (QED) is 0.672. The first-order valence-electron chi connectivity index (χ1n) is 9.76. The lowest BCUT2D eigenvalue weighted by atomic mass is 9.63. The molecule has 4 atom stereocenters. The molecule has 2 nitrogen and oxygen atoms in total. The topological polar surface area (TPSA) is 32.3 Å². The van der Waals surface area contributed by atoms with Gasteiger partial charge in [-0.2, -0.15) is 0 Å². The average Bonchev–Trinajstić information content (AvgIpc) is 2.74. The van der Waals surface area contributed by atoms with E-state index in [9.17, 15) is 5.11 Å². The summed E-state index contributed by atoms with van der Waals surface area (Å²) in [6.07, 6.45) is 0. The van der Waals surface area contributed by atoms with Crippen LogP contribution in [-0.4, -0.2) is 5.11 Å². The zero-order chi connectivity index (χ0) is 18.9. The molecule has 0 bridgehead atoms. The van der Waals surface area contributed by atoms with Gasteiger partial charge in [0.1, 0.15) is 0 Å². The Hall–Kier alpha value is -2.42. The second kappa shape index (κ2) is 7.30. The fourth-order valence-corrected chi connectivity index (χ4v) is 4.73. The Kier molecular flexibility index (Phi) is 4.86. The van der Waals surface area contributed by atoms with Crippen LogP contribution in [0.3, 0.4) is 0 Å². The molecule has 0 spiro atoms. The Morgan fingerprint density at radius 1 is 0.630 bits per heavy atom. The third-order valence-corrected chi connectivity index (χ3v) is 6.30. The van der Waals surface area contributed by atoms with Crippen LogP contribution in [0.1, 0.15) is 42.6 Å². The zero-order valence-corrected chi connectivity index (χ0v) is 15.9. The predicted octanol–water partition coefficient (Wildman–Crippen LogP) is 5.23. The van der Waals surface area contributed by atoms with Crippen LogP contribution in [0, 0.1) is 11.8 Å². The van der Waals surface area contributed by atoms with Gasteiger partial charge in [-0.05, 0) is 16.7 Å². The molecule has 1 aliphatic heterocycles. The lowest BCUT2D eigenvalue weighted by Crippen LogP contribution is -2.55. The van der Waals surface area contributed by atoms with Crippen LogP contribution < -0.4 is 5.32 Å². The van der Waals surface area contributed by atoms with Crippen LogP contribution in [0.15, 0.2) is 91.0 Å². The van der Waals surface area contributed by atoms with Crippen molar-refractivity contribution >= 4 is 0 Å². The molecule has 0 aromatic heterocycles. The Morgan fingerprint density at radius 3 is 1.41 bits per heavy atom. The summed E-state index contributed by atoms with van der Waals surface area (Å²) < 4.78 is 0. The summed E-state index contributed by atoms with van der Waals surface area (Å²) in [7, 11) is 0. The van der Waals surface area contributed by atoms with E-state index < -0.39 is 5.60 Å². The summed E-state index contributed by atoms with van der Waals surface area (Å²) >= 11 is 0. The third kappa shape index (κ3) is 3.09. The van der Waals surface area contributed by atoms with E-state index >= 15 is 0 Å². The fraction of sp³-hybridized carbons (Fsp3) is 0.280. The summed E-state index contributed by atoms with van der Waals surface area (Å²) in [5.74, 6) is 0.0505. The molecule has 2 heteroatoms. The highest BCUT2D eigenvalue weighted by molar-refractivity contribution is 5.33. The van der Waals surface area contributed by atoms with E-state index in [1.165, 1.54) is 11.1 Å². The van der Waals surface area contributed by atoms with Gasteiger partial charge in [-0.25, -0.2) is 0 Å². The van der Waals surface area contributed by atoms with Crippen LogP contribution in [0.2, 0.25) is 0 Å². The number of nitrogens with one attached hydrogen (secondary N) is 1. The lowest BCUT2D eigenvalue weighted by molar-refractivity contribution is -0.118. The first kappa shape index (κ1) is 18.0. The van der Waals surface area contributed by atoms with Gasteiger partial charge in [0.15, 0.2) is 0 Å². The van der Waals surface area contributed by atoms with E-state index in [0.717, 1.165) is 5.56 Å². The molecule has 0 aliphatic carbocycles. The summed E-state index contributed by atoms with van der Waals surface area (Å²) in [5.41, 5.74) is 2.50. The molecule has 0 radical (unpaired) electrons. The predicted molar refractivity (Wildman–Crippen MR) is 110 cm³/mol. The molecule has 138 valence electrons. The number of piperidine rings is 1. The molecule has 0 saturated carbocycles. The molecule has 2 N–H and O–H groups in total. The maximum atomic E-state index is 12.1. The first-order chi connectivity index (χ1) is 13.1. The molecule has 3 aromatic rings. The van der Waals surface area contributed by atoms with Gasteiger partial charge in [-0.15, -0.1) is 0 Å². The zero-order valence-electron chi connectivity index (χ0n) is 15.9. The molecule has 4 rings (SSSR count). The van der Waals surface area contributed by atoms with E-state index in [2.05, 4.69) is 79.8 Å². The standard InChI is InChI=1S/C25H27NO/c1-18-23(20-12-6-3-7-13-20)26-24(21-14-8-4-9-15-21)19(2)25(18,27)22-16-10-5-11-17-22/h3-19,23-24,26-27H,1-2H3/t18-,19-,23-,24-/m1/s1. The van der Waals surface area contributed by atoms with Crippen molar-refractivity contribution in [2.24, 2.45) is 11.8 Å². The molecule has 0 amide bonds. The second-order valence-electron chi connectivity index (χ2n) is 7.71. The number of hydrogen-bond donors (Lipinski definition) is 2. The van der Waals surface area contributed by atoms with E-state index in [0.29, 0.717) is 0 Å². The summed E-state index contributed by atoms with van der Waals surface area (Å²) in [4.78, 5) is 0. The Morgan fingerprint density at radius 2 is 1.00 bits per heavy atom. The van der Waals surface area contributed by atoms with Crippen molar-refractivity contribution in [3.8, 4) is 0 Å². The fourth-order valence-electron chi connectivity index (χ4n) is 4.73. The molecule has 1 aliphatic rings. The van der Waals surface area contributed by atoms with Crippen molar-refractivity contribution in [2.45, 2.75) is 31.5 Å². The number of benzene rings is 3. The van der Waals surface area contributed by atoms with Crippen LogP contribution in [-0.2, 0) is 5.60 Å². The second-order valence-corrected chi connectivity index (χ2v) is 7.71. The normalized spacial score (nSPS) is 30.8. The van der Waals surface area contributed by atoms with Gasteiger partial charge in [0.25, 0.3) is 0 Å². The van der Waals surface area contributed by atoms with E-state index in [-0.39, 0.29) is 23.9 Å². The highest BCUT2D eigenvalue weighted by atomic mass is 16.3. The number of rotatable bonds is 3. The van der Waals surface area contributed by atoms with E-state index in [1.807, 2.05) is 30.3 Å². The van der Waals surface area contributed by atoms with Crippen LogP contribution >= 0.6 is 0 Å². The summed E-state index contributed by atoms with van der Waals surface area (Å²) in [6.45, 7) is 4.32. The Bertz CT molecular complexity index is 811. The van der Waals surface area contributed by atoms with E-state index in [1.54, 1.807) is 0 Å². The maximum Gasteiger partial charge on any atom is 0.0983 e. The van der Waals surface area contributed by atoms with E-state index in [4.69, 9.17) is 0 Å². The summed E-state index contributed by atoms with van der Waals surface area (Å²) in [6, 6.07) is 31.3. The monoisotopic (exact) mass is 357 g/mol. The Balaban J connectivity index is 1.84. The molecular weight excluding hydrogens is 330 g/mol. The van der Waals surface area contributed by atoms with Crippen molar-refractivity contribution in [1.29, 1.82) is 0 Å². The number of aliphatic hydroxyl groups is 1. The minimum absolute atomic E-state index is 0.0252. The number of hydrogen-bond acceptors (Lipinski definition) is 2. The Labute approximate surface area is 161 Å². The minimum atomic E-state index is -0.923. The summed E-state index contributed by atoms with van der Waals surface area (Å²) in [5, 5.41) is 16.0. The SMILES string of the molecule is C[C@@H]1[C@H](c2ccccc2)N[C@@H](c2ccccc2)[C@@H](C)C1(O)c1ccccc1. The molecule has 1 heterocycles. The van der Waals surface area contributed by atoms with Crippen LogP contribution in [0.4, 0.5) is 0 Å². The van der Waals surface area contributed by atoms with Gasteiger partial charge in [0, 0.05) is 23.9 Å². The van der Waals surface area contributed by atoms with Crippen LogP contribution in [0.5, 0.6) is 0 Å². The highest BCUT2D eigenvalue weighted by Crippen LogP contribution is 2.51. The van der Waals surface area contributed by atoms with Gasteiger partial charge in [0.2, 0.25) is 0 Å². The lowest BCUT2D eigenvalue weighted by Gasteiger charge is -2.52. The van der Waals surface area contributed by atoms with Crippen LogP contribution in [0.25, 0.3) is 0 Å². The molecular formula is C25H27NO. The average molecular weight is 357 g/mol. The molecule has 1 fully saturated rings. The minimum Gasteiger partial charge on any atom is -0.384 e. The first-order valence-corrected chi connectivity index (χ1v) is 9.76. The van der Waals surface area contributed by atoms with Crippen molar-refractivity contribution < 1.29 is 5.11 Å². The van der Waals surface area contributed by atoms with Gasteiger partial charge < -0.3 is 10.4 Å². The molecule has 1 saturated heterocycles. The van der Waals surface area contributed by atoms with Gasteiger partial charge in [-0.3, -0.25) is 0 Å². The maximum absolute atomic E-state index is 12.1. The van der Waals surface area contributed by atoms with Gasteiger partial charge in [-0.1, -0.05) is 105 Å². The molecule has 0 unspecified atom stereocenters. The van der Waals surface area contributed by atoms with Crippen molar-refractivity contribution in [2.75, 3.05) is 0 Å². The molecule has 27 heavy (non-hydrogen) atoms.